The van der Waals surface area contributed by atoms with Crippen molar-refractivity contribution in [3.63, 3.8) is 0 Å². The van der Waals surface area contributed by atoms with Gasteiger partial charge in [-0.3, -0.25) is 4.79 Å². The van der Waals surface area contributed by atoms with Crippen LogP contribution >= 0.6 is 0 Å². The van der Waals surface area contributed by atoms with Gasteiger partial charge >= 0.3 is 0 Å². The lowest BCUT2D eigenvalue weighted by Gasteiger charge is -2.12. The lowest BCUT2D eigenvalue weighted by atomic mass is 10.1. The number of hydrogen-bond donors (Lipinski definition) is 3. The number of nitrogens with two attached hydrogens (primary N) is 1. The first kappa shape index (κ1) is 12.7. The van der Waals surface area contributed by atoms with Gasteiger partial charge in [-0.25, -0.2) is 0 Å². The third kappa shape index (κ3) is 4.00. The number of hydrogen-bond acceptors (Lipinski definition) is 3. The molecule has 1 amide bonds. The first-order valence-electron chi connectivity index (χ1n) is 5.45. The Labute approximate surface area is 95.5 Å². The number of unbranched alkanes of at least 4 members (excludes halogenated alkanes) is 1. The zero-order chi connectivity index (χ0) is 11.8. The van der Waals surface area contributed by atoms with Gasteiger partial charge in [-0.05, 0) is 18.4 Å². The van der Waals surface area contributed by atoms with Gasteiger partial charge in [0.15, 0.2) is 0 Å². The Balaban J connectivity index is 2.37. The van der Waals surface area contributed by atoms with E-state index in [4.69, 9.17) is 10.8 Å². The van der Waals surface area contributed by atoms with E-state index in [-0.39, 0.29) is 12.5 Å². The highest BCUT2D eigenvalue weighted by atomic mass is 16.2. The number of carbonyl (C=O) groups excluding carboxylic acids is 1. The molecular weight excluding hydrogens is 204 g/mol. The van der Waals surface area contributed by atoms with E-state index in [0.29, 0.717) is 13.0 Å². The van der Waals surface area contributed by atoms with E-state index in [1.807, 2.05) is 30.3 Å². The van der Waals surface area contributed by atoms with Gasteiger partial charge in [0.2, 0.25) is 5.91 Å². The zero-order valence-corrected chi connectivity index (χ0v) is 9.23. The lowest BCUT2D eigenvalue weighted by molar-refractivity contribution is -0.122. The second kappa shape index (κ2) is 6.98. The Morgan fingerprint density at radius 1 is 1.31 bits per heavy atom. The Bertz CT molecular complexity index is 314. The van der Waals surface area contributed by atoms with Crippen LogP contribution in [-0.4, -0.2) is 24.2 Å². The van der Waals surface area contributed by atoms with Gasteiger partial charge in [0.05, 0.1) is 0 Å². The summed E-state index contributed by atoms with van der Waals surface area (Å²) in [7, 11) is 0. The third-order valence-corrected chi connectivity index (χ3v) is 2.33. The summed E-state index contributed by atoms with van der Waals surface area (Å²) in [5.41, 5.74) is 6.60. The molecule has 0 radical (unpaired) electrons. The van der Waals surface area contributed by atoms with Crippen molar-refractivity contribution >= 4 is 5.91 Å². The third-order valence-electron chi connectivity index (χ3n) is 2.33. The predicted molar refractivity (Wildman–Crippen MR) is 62.7 cm³/mol. The molecule has 4 heteroatoms. The molecule has 0 spiro atoms. The highest BCUT2D eigenvalue weighted by Gasteiger charge is 2.13. The summed E-state index contributed by atoms with van der Waals surface area (Å²) in [5, 5.41) is 11.3. The largest absolute Gasteiger partial charge is 0.396 e. The molecule has 4 N–H and O–H groups in total. The molecule has 16 heavy (non-hydrogen) atoms. The van der Waals surface area contributed by atoms with Gasteiger partial charge in [0.25, 0.3) is 0 Å². The van der Waals surface area contributed by atoms with Crippen LogP contribution in [-0.2, 0) is 4.79 Å². The summed E-state index contributed by atoms with van der Waals surface area (Å²) in [6.07, 6.45) is 1.46. The van der Waals surface area contributed by atoms with Crippen LogP contribution in [0.2, 0.25) is 0 Å². The number of aliphatic hydroxyl groups is 1. The molecular formula is C12H18N2O2. The van der Waals surface area contributed by atoms with E-state index in [1.54, 1.807) is 0 Å². The lowest BCUT2D eigenvalue weighted by Crippen LogP contribution is -2.34. The summed E-state index contributed by atoms with van der Waals surface area (Å²) >= 11 is 0. The Morgan fingerprint density at radius 2 is 2.00 bits per heavy atom. The van der Waals surface area contributed by atoms with Crippen molar-refractivity contribution in [2.75, 3.05) is 13.2 Å². The molecule has 1 aromatic carbocycles. The van der Waals surface area contributed by atoms with Crippen molar-refractivity contribution in [1.29, 1.82) is 0 Å². The maximum atomic E-state index is 11.6. The van der Waals surface area contributed by atoms with Gasteiger partial charge < -0.3 is 16.2 Å². The molecule has 4 nitrogen and oxygen atoms in total. The second-order valence-corrected chi connectivity index (χ2v) is 3.61. The summed E-state index contributed by atoms with van der Waals surface area (Å²) < 4.78 is 0. The molecule has 1 unspecified atom stereocenters. The number of benzene rings is 1. The maximum absolute atomic E-state index is 11.6. The van der Waals surface area contributed by atoms with Gasteiger partial charge in [-0.2, -0.15) is 0 Å². The van der Waals surface area contributed by atoms with Crippen molar-refractivity contribution in [3.05, 3.63) is 35.9 Å². The summed E-state index contributed by atoms with van der Waals surface area (Å²) in [4.78, 5) is 11.6. The molecule has 0 aliphatic rings. The highest BCUT2D eigenvalue weighted by molar-refractivity contribution is 5.82. The maximum Gasteiger partial charge on any atom is 0.241 e. The van der Waals surface area contributed by atoms with Crippen molar-refractivity contribution < 1.29 is 9.90 Å². The summed E-state index contributed by atoms with van der Waals surface area (Å²) in [6.45, 7) is 0.709. The number of aliphatic hydroxyl groups excluding tert-OH is 1. The van der Waals surface area contributed by atoms with Crippen LogP contribution < -0.4 is 11.1 Å². The molecule has 0 aliphatic heterocycles. The van der Waals surface area contributed by atoms with Gasteiger partial charge in [0.1, 0.15) is 6.04 Å². The highest BCUT2D eigenvalue weighted by Crippen LogP contribution is 2.08. The predicted octanol–water partition coefficient (Wildman–Crippen LogP) is 0.575. The van der Waals surface area contributed by atoms with Crippen LogP contribution in [0.25, 0.3) is 0 Å². The minimum atomic E-state index is -0.615. The molecule has 1 aromatic rings. The number of amides is 1. The molecule has 0 saturated heterocycles. The van der Waals surface area contributed by atoms with E-state index in [0.717, 1.165) is 12.0 Å². The average molecular weight is 222 g/mol. The number of nitrogens with one attached hydrogen (secondary N) is 1. The van der Waals surface area contributed by atoms with E-state index in [2.05, 4.69) is 5.32 Å². The van der Waals surface area contributed by atoms with E-state index < -0.39 is 6.04 Å². The summed E-state index contributed by atoms with van der Waals surface area (Å²) in [6, 6.07) is 8.64. The van der Waals surface area contributed by atoms with Crippen LogP contribution in [0.4, 0.5) is 0 Å². The number of rotatable bonds is 6. The van der Waals surface area contributed by atoms with E-state index in [1.165, 1.54) is 0 Å². The minimum Gasteiger partial charge on any atom is -0.396 e. The van der Waals surface area contributed by atoms with Crippen molar-refractivity contribution in [3.8, 4) is 0 Å². The van der Waals surface area contributed by atoms with Crippen LogP contribution in [0, 0.1) is 0 Å². The Kier molecular flexibility index (Phi) is 5.53. The fourth-order valence-electron chi connectivity index (χ4n) is 1.37. The molecule has 0 aliphatic carbocycles. The minimum absolute atomic E-state index is 0.153. The molecule has 0 aromatic heterocycles. The first-order chi connectivity index (χ1) is 7.75. The second-order valence-electron chi connectivity index (χ2n) is 3.61. The molecule has 88 valence electrons. The van der Waals surface area contributed by atoms with Crippen LogP contribution in [0.15, 0.2) is 30.3 Å². The zero-order valence-electron chi connectivity index (χ0n) is 9.23. The van der Waals surface area contributed by atoms with Crippen LogP contribution in [0.5, 0.6) is 0 Å². The van der Waals surface area contributed by atoms with Crippen LogP contribution in [0.1, 0.15) is 24.4 Å². The van der Waals surface area contributed by atoms with Gasteiger partial charge in [-0.1, -0.05) is 30.3 Å². The smallest absolute Gasteiger partial charge is 0.241 e. The molecule has 0 heterocycles. The average Bonchev–Trinajstić information content (AvgIpc) is 2.34. The Hall–Kier alpha value is -1.39. The fraction of sp³-hybridized carbons (Fsp3) is 0.417. The monoisotopic (exact) mass is 222 g/mol. The Morgan fingerprint density at radius 3 is 2.62 bits per heavy atom. The number of carbonyl (C=O) groups is 1. The van der Waals surface area contributed by atoms with Crippen molar-refractivity contribution in [2.24, 2.45) is 5.73 Å². The fourth-order valence-corrected chi connectivity index (χ4v) is 1.37. The normalized spacial score (nSPS) is 12.1. The molecule has 1 rings (SSSR count). The molecule has 0 bridgehead atoms. The topological polar surface area (TPSA) is 75.4 Å². The van der Waals surface area contributed by atoms with Crippen molar-refractivity contribution in [1.82, 2.24) is 5.32 Å². The molecule has 1 atom stereocenters. The van der Waals surface area contributed by atoms with Crippen molar-refractivity contribution in [2.45, 2.75) is 18.9 Å². The summed E-state index contributed by atoms with van der Waals surface area (Å²) in [5.74, 6) is -0.177. The quantitative estimate of drug-likeness (QED) is 0.616. The standard InChI is InChI=1S/C12H18N2O2/c13-11(10-6-2-1-3-7-10)12(16)14-8-4-5-9-15/h1-3,6-7,11,15H,4-5,8-9,13H2,(H,14,16). The molecule has 0 fully saturated rings. The van der Waals surface area contributed by atoms with E-state index >= 15 is 0 Å². The van der Waals surface area contributed by atoms with Gasteiger partial charge in [-0.15, -0.1) is 0 Å². The SMILES string of the molecule is NC(C(=O)NCCCCO)c1ccccc1. The van der Waals surface area contributed by atoms with Gasteiger partial charge in [0, 0.05) is 13.2 Å². The first-order valence-corrected chi connectivity index (χ1v) is 5.45. The van der Waals surface area contributed by atoms with E-state index in [9.17, 15) is 4.79 Å². The molecule has 0 saturated carbocycles. The van der Waals surface area contributed by atoms with Crippen LogP contribution in [0.3, 0.4) is 0 Å².